The number of ether oxygens (including phenoxy) is 1. The van der Waals surface area contributed by atoms with E-state index in [9.17, 15) is 14.4 Å². The quantitative estimate of drug-likeness (QED) is 0.347. The van der Waals surface area contributed by atoms with Crippen molar-refractivity contribution in [2.75, 3.05) is 39.9 Å². The topological polar surface area (TPSA) is 136 Å². The third-order valence-corrected chi connectivity index (χ3v) is 5.76. The number of carbonyl (C=O) groups excluding carboxylic acids is 3. The second kappa shape index (κ2) is 11.6. The van der Waals surface area contributed by atoms with Crippen LogP contribution in [0.3, 0.4) is 0 Å². The molecule has 2 N–H and O–H groups in total. The number of aromatic amines is 1. The van der Waals surface area contributed by atoms with Crippen molar-refractivity contribution in [2.24, 2.45) is 5.92 Å². The van der Waals surface area contributed by atoms with E-state index in [1.807, 2.05) is 13.8 Å². The molecule has 3 rings (SSSR count). The smallest absolute Gasteiger partial charge is 0.327 e. The molecule has 0 saturated carbocycles. The summed E-state index contributed by atoms with van der Waals surface area (Å²) in [4.78, 5) is 59.1. The van der Waals surface area contributed by atoms with E-state index in [0.717, 1.165) is 12.8 Å². The van der Waals surface area contributed by atoms with Crippen molar-refractivity contribution in [3.05, 3.63) is 18.2 Å². The standard InChI is InChI=1S/C20H31N5O4.CH2O2/c1-15(2)13-25-19(28)24(8-4-5-11-29-3)18(27)20(25)6-9-23(10-7-20)17(26)16-12-21-14-22-16;2-1-3/h12,14-15H,4-11,13H2,1-3H3,(H,21,22);1H,(H,2,3). The molecule has 1 aromatic heterocycles. The molecule has 0 aromatic carbocycles. The van der Waals surface area contributed by atoms with Gasteiger partial charge in [0.15, 0.2) is 0 Å². The van der Waals surface area contributed by atoms with E-state index in [1.54, 1.807) is 16.9 Å². The molecular weight excluding hydrogens is 418 g/mol. The van der Waals surface area contributed by atoms with Gasteiger partial charge < -0.3 is 24.6 Å². The van der Waals surface area contributed by atoms with Crippen molar-refractivity contribution >= 4 is 24.3 Å². The molecule has 3 heterocycles. The predicted molar refractivity (Wildman–Crippen MR) is 115 cm³/mol. The minimum Gasteiger partial charge on any atom is -0.483 e. The van der Waals surface area contributed by atoms with E-state index in [-0.39, 0.29) is 30.2 Å². The van der Waals surface area contributed by atoms with Gasteiger partial charge in [0.1, 0.15) is 11.2 Å². The van der Waals surface area contributed by atoms with E-state index >= 15 is 0 Å². The molecule has 1 aromatic rings. The monoisotopic (exact) mass is 451 g/mol. The molecule has 0 unspecified atom stereocenters. The summed E-state index contributed by atoms with van der Waals surface area (Å²) in [6.07, 6.45) is 5.42. The molecule has 0 atom stereocenters. The molecule has 11 heteroatoms. The van der Waals surface area contributed by atoms with Gasteiger partial charge in [-0.3, -0.25) is 19.3 Å². The van der Waals surface area contributed by atoms with Crippen LogP contribution in [-0.4, -0.2) is 99.5 Å². The van der Waals surface area contributed by atoms with Crippen LogP contribution in [-0.2, 0) is 14.3 Å². The van der Waals surface area contributed by atoms with Gasteiger partial charge in [0.05, 0.1) is 12.5 Å². The van der Waals surface area contributed by atoms with Crippen molar-refractivity contribution in [3.8, 4) is 0 Å². The third kappa shape index (κ3) is 5.45. The SMILES string of the molecule is COCCCCN1C(=O)N(CC(C)C)C2(CCN(C(=O)c3cnc[nH]3)CC2)C1=O.O=CO. The van der Waals surface area contributed by atoms with Crippen LogP contribution in [0, 0.1) is 5.92 Å². The number of nitrogens with one attached hydrogen (secondary N) is 1. The zero-order valence-electron chi connectivity index (χ0n) is 19.0. The van der Waals surface area contributed by atoms with Crippen LogP contribution in [0.15, 0.2) is 12.5 Å². The van der Waals surface area contributed by atoms with Crippen molar-refractivity contribution in [2.45, 2.75) is 45.1 Å². The van der Waals surface area contributed by atoms with E-state index < -0.39 is 5.54 Å². The summed E-state index contributed by atoms with van der Waals surface area (Å²) in [6, 6.07) is -0.200. The third-order valence-electron chi connectivity index (χ3n) is 5.76. The second-order valence-electron chi connectivity index (χ2n) is 8.34. The molecule has 178 valence electrons. The maximum Gasteiger partial charge on any atom is 0.327 e. The van der Waals surface area contributed by atoms with Gasteiger partial charge in [-0.05, 0) is 31.6 Å². The largest absolute Gasteiger partial charge is 0.483 e. The fraction of sp³-hybridized carbons (Fsp3) is 0.667. The molecule has 2 aliphatic heterocycles. The van der Waals surface area contributed by atoms with Crippen LogP contribution in [0.1, 0.15) is 50.0 Å². The van der Waals surface area contributed by atoms with E-state index in [4.69, 9.17) is 14.6 Å². The maximum absolute atomic E-state index is 13.4. The summed E-state index contributed by atoms with van der Waals surface area (Å²) < 4.78 is 5.07. The number of piperidine rings is 1. The summed E-state index contributed by atoms with van der Waals surface area (Å²) >= 11 is 0. The molecule has 11 nitrogen and oxygen atoms in total. The number of likely N-dealkylation sites (tertiary alicyclic amines) is 1. The van der Waals surface area contributed by atoms with Gasteiger partial charge in [-0.2, -0.15) is 0 Å². The first-order valence-corrected chi connectivity index (χ1v) is 10.8. The van der Waals surface area contributed by atoms with Gasteiger partial charge in [-0.25, -0.2) is 9.78 Å². The highest BCUT2D eigenvalue weighted by atomic mass is 16.5. The number of aromatic nitrogens is 2. The maximum atomic E-state index is 13.4. The fourth-order valence-corrected chi connectivity index (χ4v) is 4.22. The minimum absolute atomic E-state index is 0.116. The Morgan fingerprint density at radius 1 is 1.31 bits per heavy atom. The lowest BCUT2D eigenvalue weighted by Crippen LogP contribution is -2.58. The Labute approximate surface area is 187 Å². The Kier molecular flexibility index (Phi) is 9.18. The number of unbranched alkanes of at least 4 members (excludes halogenated alkanes) is 1. The van der Waals surface area contributed by atoms with Gasteiger partial charge in [-0.1, -0.05) is 13.8 Å². The summed E-state index contributed by atoms with van der Waals surface area (Å²) in [5.74, 6) is 0.0110. The minimum atomic E-state index is -0.840. The Morgan fingerprint density at radius 3 is 2.50 bits per heavy atom. The molecular formula is C21H33N5O6. The highest BCUT2D eigenvalue weighted by molar-refractivity contribution is 6.07. The van der Waals surface area contributed by atoms with Crippen molar-refractivity contribution in [1.82, 2.24) is 24.7 Å². The van der Waals surface area contributed by atoms with Crippen LogP contribution >= 0.6 is 0 Å². The molecule has 0 bridgehead atoms. The lowest BCUT2D eigenvalue weighted by atomic mass is 9.85. The van der Waals surface area contributed by atoms with Crippen molar-refractivity contribution in [3.63, 3.8) is 0 Å². The van der Waals surface area contributed by atoms with Crippen LogP contribution in [0.5, 0.6) is 0 Å². The lowest BCUT2D eigenvalue weighted by molar-refractivity contribution is -0.135. The zero-order chi connectivity index (χ0) is 23.7. The molecule has 32 heavy (non-hydrogen) atoms. The molecule has 0 radical (unpaired) electrons. The van der Waals surface area contributed by atoms with Crippen molar-refractivity contribution in [1.29, 1.82) is 0 Å². The van der Waals surface area contributed by atoms with Gasteiger partial charge in [0.2, 0.25) is 0 Å². The first-order valence-electron chi connectivity index (χ1n) is 10.8. The summed E-state index contributed by atoms with van der Waals surface area (Å²) in [7, 11) is 1.64. The number of rotatable bonds is 8. The number of methoxy groups -OCH3 is 1. The summed E-state index contributed by atoms with van der Waals surface area (Å²) in [6.45, 7) is 6.27. The second-order valence-corrected chi connectivity index (χ2v) is 8.34. The van der Waals surface area contributed by atoms with Crippen LogP contribution in [0.4, 0.5) is 4.79 Å². The molecule has 2 saturated heterocycles. The van der Waals surface area contributed by atoms with Crippen LogP contribution in [0.25, 0.3) is 0 Å². The van der Waals surface area contributed by atoms with E-state index in [2.05, 4.69) is 9.97 Å². The molecule has 0 aliphatic carbocycles. The Balaban J connectivity index is 0.00000114. The summed E-state index contributed by atoms with van der Waals surface area (Å²) in [5, 5.41) is 6.89. The number of hydrogen-bond donors (Lipinski definition) is 2. The number of amides is 4. The highest BCUT2D eigenvalue weighted by Crippen LogP contribution is 2.38. The van der Waals surface area contributed by atoms with Crippen LogP contribution < -0.4 is 0 Å². The number of nitrogens with zero attached hydrogens (tertiary/aromatic N) is 4. The van der Waals surface area contributed by atoms with Crippen LogP contribution in [0.2, 0.25) is 0 Å². The Morgan fingerprint density at radius 2 is 1.97 bits per heavy atom. The zero-order valence-corrected chi connectivity index (χ0v) is 19.0. The number of carbonyl (C=O) groups is 4. The number of hydrogen-bond acceptors (Lipinski definition) is 6. The first kappa shape index (κ1) is 25.3. The number of imidazole rings is 1. The normalized spacial score (nSPS) is 17.7. The van der Waals surface area contributed by atoms with E-state index in [1.165, 1.54) is 17.4 Å². The molecule has 2 fully saturated rings. The molecule has 2 aliphatic rings. The number of imide groups is 1. The fourth-order valence-electron chi connectivity index (χ4n) is 4.22. The number of urea groups is 1. The first-order chi connectivity index (χ1) is 15.3. The lowest BCUT2D eigenvalue weighted by Gasteiger charge is -2.42. The Hall–Kier alpha value is -2.95. The van der Waals surface area contributed by atoms with Gasteiger partial charge in [0.25, 0.3) is 18.3 Å². The highest BCUT2D eigenvalue weighted by Gasteiger charge is 2.58. The summed E-state index contributed by atoms with van der Waals surface area (Å²) in [5.41, 5.74) is -0.401. The van der Waals surface area contributed by atoms with E-state index in [0.29, 0.717) is 51.3 Å². The number of carboxylic acid groups (broad SMARTS) is 1. The predicted octanol–water partition coefficient (Wildman–Crippen LogP) is 1.43. The Bertz CT molecular complexity index is 774. The van der Waals surface area contributed by atoms with Gasteiger partial charge in [-0.15, -0.1) is 0 Å². The van der Waals surface area contributed by atoms with Gasteiger partial charge >= 0.3 is 6.03 Å². The average molecular weight is 452 g/mol. The molecule has 4 amide bonds. The van der Waals surface area contributed by atoms with Gasteiger partial charge in [0, 0.05) is 39.9 Å². The van der Waals surface area contributed by atoms with Crippen molar-refractivity contribution < 1.29 is 29.0 Å². The average Bonchev–Trinajstić information content (AvgIpc) is 3.36. The number of H-pyrrole nitrogens is 1. The molecule has 1 spiro atoms.